The highest BCUT2D eigenvalue weighted by Crippen LogP contribution is 2.38. The van der Waals surface area contributed by atoms with Crippen LogP contribution in [-0.4, -0.2) is 60.2 Å². The van der Waals surface area contributed by atoms with Gasteiger partial charge in [-0.1, -0.05) is 42.5 Å². The van der Waals surface area contributed by atoms with Gasteiger partial charge in [0.1, 0.15) is 5.00 Å². The van der Waals surface area contributed by atoms with Gasteiger partial charge in [-0.05, 0) is 56.0 Å². The van der Waals surface area contributed by atoms with E-state index in [-0.39, 0.29) is 5.97 Å². The molecule has 1 aromatic carbocycles. The van der Waals surface area contributed by atoms with Crippen LogP contribution in [-0.2, 0) is 17.6 Å². The molecule has 4 rings (SSSR count). The van der Waals surface area contributed by atoms with Crippen LogP contribution in [0.4, 0.5) is 5.00 Å². The van der Waals surface area contributed by atoms with Crippen LogP contribution < -0.4 is 5.32 Å². The molecule has 0 atom stereocenters. The Hall–Kier alpha value is -2.22. The van der Waals surface area contributed by atoms with Crippen LogP contribution in [0.25, 0.3) is 6.08 Å². The molecule has 0 saturated carbocycles. The monoisotopic (exact) mass is 469 g/mol. The molecular formula is C25H31N3O2S2. The molecule has 2 aromatic rings. The third-order valence-corrected chi connectivity index (χ3v) is 7.57. The van der Waals surface area contributed by atoms with Gasteiger partial charge in [0.15, 0.2) is 5.11 Å². The van der Waals surface area contributed by atoms with Crippen molar-refractivity contribution in [1.82, 2.24) is 9.80 Å². The summed E-state index contributed by atoms with van der Waals surface area (Å²) in [4.78, 5) is 18.6. The van der Waals surface area contributed by atoms with Crippen LogP contribution in [0.2, 0.25) is 0 Å². The van der Waals surface area contributed by atoms with Crippen LogP contribution in [0.1, 0.15) is 46.1 Å². The van der Waals surface area contributed by atoms with Crippen molar-refractivity contribution in [1.29, 1.82) is 0 Å². The summed E-state index contributed by atoms with van der Waals surface area (Å²) in [6.45, 7) is 6.86. The first kappa shape index (κ1) is 23.0. The maximum atomic E-state index is 12.7. The SMILES string of the molecule is CCOC(=O)c1c(NC(=S)N2CCN(C/C=C/c3ccccc3)CC2)sc2c1CCCC2. The van der Waals surface area contributed by atoms with Crippen LogP contribution in [0.15, 0.2) is 36.4 Å². The van der Waals surface area contributed by atoms with Crippen LogP contribution >= 0.6 is 23.6 Å². The van der Waals surface area contributed by atoms with Gasteiger partial charge in [0, 0.05) is 37.6 Å². The number of hydrogen-bond acceptors (Lipinski definition) is 5. The molecule has 0 spiro atoms. The minimum Gasteiger partial charge on any atom is -0.462 e. The Labute approximate surface area is 200 Å². The zero-order valence-electron chi connectivity index (χ0n) is 18.6. The molecule has 1 saturated heterocycles. The van der Waals surface area contributed by atoms with Crippen molar-refractivity contribution < 1.29 is 9.53 Å². The second-order valence-electron chi connectivity index (χ2n) is 8.17. The van der Waals surface area contributed by atoms with Crippen molar-refractivity contribution in [3.63, 3.8) is 0 Å². The van der Waals surface area contributed by atoms with Crippen LogP contribution in [0, 0.1) is 0 Å². The zero-order chi connectivity index (χ0) is 22.3. The number of carbonyl (C=O) groups is 1. The van der Waals surface area contributed by atoms with E-state index in [1.165, 1.54) is 22.4 Å². The van der Waals surface area contributed by atoms with Crippen molar-refractivity contribution in [3.8, 4) is 0 Å². The number of hydrogen-bond donors (Lipinski definition) is 1. The maximum Gasteiger partial charge on any atom is 0.341 e. The number of rotatable bonds is 6. The van der Waals surface area contributed by atoms with Gasteiger partial charge in [-0.3, -0.25) is 4.90 Å². The molecule has 0 amide bonds. The Morgan fingerprint density at radius 2 is 1.91 bits per heavy atom. The first-order chi connectivity index (χ1) is 15.7. The summed E-state index contributed by atoms with van der Waals surface area (Å²) < 4.78 is 5.36. The summed E-state index contributed by atoms with van der Waals surface area (Å²) in [7, 11) is 0. The predicted octanol–water partition coefficient (Wildman–Crippen LogP) is 4.83. The largest absolute Gasteiger partial charge is 0.462 e. The van der Waals surface area contributed by atoms with Crippen LogP contribution in [0.5, 0.6) is 0 Å². The van der Waals surface area contributed by atoms with E-state index < -0.39 is 0 Å². The van der Waals surface area contributed by atoms with Crippen molar-refractivity contribution in [3.05, 3.63) is 58.0 Å². The summed E-state index contributed by atoms with van der Waals surface area (Å²) in [5.74, 6) is -0.229. The number of esters is 1. The van der Waals surface area contributed by atoms with E-state index >= 15 is 0 Å². The minimum absolute atomic E-state index is 0.229. The highest BCUT2D eigenvalue weighted by atomic mass is 32.1. The molecule has 170 valence electrons. The fraction of sp³-hybridized carbons (Fsp3) is 0.440. The van der Waals surface area contributed by atoms with Gasteiger partial charge < -0.3 is 15.0 Å². The van der Waals surface area contributed by atoms with Gasteiger partial charge in [-0.25, -0.2) is 4.79 Å². The van der Waals surface area contributed by atoms with E-state index in [9.17, 15) is 4.79 Å². The molecule has 7 heteroatoms. The Kier molecular flexibility index (Phi) is 7.95. The van der Waals surface area contributed by atoms with E-state index in [1.807, 2.05) is 13.0 Å². The summed E-state index contributed by atoms with van der Waals surface area (Å²) in [6, 6.07) is 10.4. The Morgan fingerprint density at radius 3 is 2.66 bits per heavy atom. The number of carbonyl (C=O) groups excluding carboxylic acids is 1. The molecular weight excluding hydrogens is 438 g/mol. The van der Waals surface area contributed by atoms with Crippen molar-refractivity contribution in [2.75, 3.05) is 44.6 Å². The van der Waals surface area contributed by atoms with E-state index in [4.69, 9.17) is 17.0 Å². The van der Waals surface area contributed by atoms with E-state index in [2.05, 4.69) is 51.5 Å². The van der Waals surface area contributed by atoms with Gasteiger partial charge in [-0.2, -0.15) is 0 Å². The summed E-state index contributed by atoms with van der Waals surface area (Å²) in [6.07, 6.45) is 8.69. The summed E-state index contributed by atoms with van der Waals surface area (Å²) in [5.41, 5.74) is 3.10. The number of ether oxygens (including phenoxy) is 1. The lowest BCUT2D eigenvalue weighted by atomic mass is 9.95. The number of anilines is 1. The average molecular weight is 470 g/mol. The fourth-order valence-electron chi connectivity index (χ4n) is 4.28. The number of nitrogens with one attached hydrogen (secondary N) is 1. The first-order valence-corrected chi connectivity index (χ1v) is 12.7. The average Bonchev–Trinajstić information content (AvgIpc) is 3.18. The standard InChI is InChI=1S/C25H31N3O2S2/c1-2-30-24(29)22-20-12-6-7-13-21(20)32-23(22)26-25(31)28-17-15-27(16-18-28)14-8-11-19-9-4-3-5-10-19/h3-5,8-11H,2,6-7,12-18H2,1H3,(H,26,31)/b11-8+. The first-order valence-electron chi connectivity index (χ1n) is 11.5. The highest BCUT2D eigenvalue weighted by molar-refractivity contribution is 7.80. The van der Waals surface area contributed by atoms with Crippen molar-refractivity contribution in [2.45, 2.75) is 32.6 Å². The second kappa shape index (κ2) is 11.1. The molecule has 0 unspecified atom stereocenters. The predicted molar refractivity (Wildman–Crippen MR) is 137 cm³/mol. The number of nitrogens with zero attached hydrogens (tertiary/aromatic N) is 2. The molecule has 0 bridgehead atoms. The molecule has 32 heavy (non-hydrogen) atoms. The third kappa shape index (κ3) is 5.57. The smallest absolute Gasteiger partial charge is 0.341 e. The number of fused-ring (bicyclic) bond motifs is 1. The molecule has 1 fully saturated rings. The fourth-order valence-corrected chi connectivity index (χ4v) is 5.91. The molecule has 0 radical (unpaired) electrons. The molecule has 2 heterocycles. The summed E-state index contributed by atoms with van der Waals surface area (Å²) >= 11 is 7.41. The highest BCUT2D eigenvalue weighted by Gasteiger charge is 2.28. The molecule has 5 nitrogen and oxygen atoms in total. The number of benzene rings is 1. The third-order valence-electron chi connectivity index (χ3n) is 6.00. The quantitative estimate of drug-likeness (QED) is 0.483. The van der Waals surface area contributed by atoms with E-state index in [0.29, 0.717) is 17.3 Å². The molecule has 1 aliphatic heterocycles. The Bertz CT molecular complexity index is 963. The minimum atomic E-state index is -0.229. The van der Waals surface area contributed by atoms with Gasteiger partial charge in [0.25, 0.3) is 0 Å². The topological polar surface area (TPSA) is 44.8 Å². The summed E-state index contributed by atoms with van der Waals surface area (Å²) in [5, 5.41) is 4.96. The lowest BCUT2D eigenvalue weighted by Gasteiger charge is -2.35. The molecule has 2 aliphatic rings. The van der Waals surface area contributed by atoms with Gasteiger partial charge in [-0.15, -0.1) is 11.3 Å². The zero-order valence-corrected chi connectivity index (χ0v) is 20.3. The second-order valence-corrected chi connectivity index (χ2v) is 9.66. The van der Waals surface area contributed by atoms with Gasteiger partial charge in [0.05, 0.1) is 12.2 Å². The lowest BCUT2D eigenvalue weighted by molar-refractivity contribution is 0.0526. The molecule has 1 N–H and O–H groups in total. The number of thiophene rings is 1. The van der Waals surface area contributed by atoms with Gasteiger partial charge >= 0.3 is 5.97 Å². The Balaban J connectivity index is 1.34. The van der Waals surface area contributed by atoms with Crippen molar-refractivity contribution in [2.24, 2.45) is 0 Å². The number of aryl methyl sites for hydroxylation is 1. The Morgan fingerprint density at radius 1 is 1.16 bits per heavy atom. The number of piperazine rings is 1. The molecule has 1 aromatic heterocycles. The van der Waals surface area contributed by atoms with Crippen molar-refractivity contribution >= 4 is 45.7 Å². The van der Waals surface area contributed by atoms with Crippen LogP contribution in [0.3, 0.4) is 0 Å². The molecule has 1 aliphatic carbocycles. The van der Waals surface area contributed by atoms with E-state index in [1.54, 1.807) is 11.3 Å². The number of thiocarbonyl (C=S) groups is 1. The van der Waals surface area contributed by atoms with E-state index in [0.717, 1.165) is 57.0 Å². The maximum absolute atomic E-state index is 12.7. The lowest BCUT2D eigenvalue weighted by Crippen LogP contribution is -2.49. The normalized spacial score (nSPS) is 16.7. The van der Waals surface area contributed by atoms with Gasteiger partial charge in [0.2, 0.25) is 0 Å².